The fourth-order valence-corrected chi connectivity index (χ4v) is 1.54. The molecule has 84 valence electrons. The molecule has 0 N–H and O–H groups in total. The summed E-state index contributed by atoms with van der Waals surface area (Å²) in [7, 11) is 1.35. The number of hydrogen-bond acceptors (Lipinski definition) is 4. The number of aromatic nitrogens is 3. The Bertz CT molecular complexity index is 519. The van der Waals surface area contributed by atoms with E-state index in [4.69, 9.17) is 0 Å². The van der Waals surface area contributed by atoms with Crippen LogP contribution in [0.1, 0.15) is 29.7 Å². The number of methoxy groups -OCH3 is 1. The number of carbonyl (C=O) groups excluding carboxylic acids is 1. The molecular formula is C11H13N3O2. The Balaban J connectivity index is 2.54. The van der Waals surface area contributed by atoms with Crippen LogP contribution in [0.4, 0.5) is 0 Å². The molecule has 0 saturated carbocycles. The molecular weight excluding hydrogens is 206 g/mol. The summed E-state index contributed by atoms with van der Waals surface area (Å²) >= 11 is 0. The average molecular weight is 219 g/mol. The molecule has 0 aliphatic heterocycles. The Hall–Kier alpha value is -1.91. The molecule has 0 bridgehead atoms. The predicted molar refractivity (Wildman–Crippen MR) is 58.3 cm³/mol. The van der Waals surface area contributed by atoms with Crippen molar-refractivity contribution in [1.29, 1.82) is 0 Å². The van der Waals surface area contributed by atoms with Gasteiger partial charge >= 0.3 is 5.97 Å². The number of hydrogen-bond donors (Lipinski definition) is 0. The van der Waals surface area contributed by atoms with Gasteiger partial charge in [0, 0.05) is 6.42 Å². The van der Waals surface area contributed by atoms with Crippen LogP contribution in [0.5, 0.6) is 0 Å². The summed E-state index contributed by atoms with van der Waals surface area (Å²) in [6.45, 7) is 2.06. The van der Waals surface area contributed by atoms with E-state index in [2.05, 4.69) is 21.7 Å². The normalized spacial score (nSPS) is 10.6. The van der Waals surface area contributed by atoms with E-state index in [9.17, 15) is 4.79 Å². The molecule has 0 saturated heterocycles. The molecule has 0 spiro atoms. The summed E-state index contributed by atoms with van der Waals surface area (Å²) in [6, 6.07) is 5.26. The Morgan fingerprint density at radius 2 is 2.31 bits per heavy atom. The van der Waals surface area contributed by atoms with Crippen LogP contribution in [-0.4, -0.2) is 27.7 Å². The van der Waals surface area contributed by atoms with Gasteiger partial charge in [-0.3, -0.25) is 0 Å². The van der Waals surface area contributed by atoms with Gasteiger partial charge in [-0.05, 0) is 18.6 Å². The molecule has 0 amide bonds. The molecule has 5 heteroatoms. The van der Waals surface area contributed by atoms with Crippen molar-refractivity contribution in [2.75, 3.05) is 7.11 Å². The first-order valence-corrected chi connectivity index (χ1v) is 5.19. The monoisotopic (exact) mass is 219 g/mol. The number of aryl methyl sites for hydroxylation is 1. The molecule has 2 rings (SSSR count). The minimum atomic E-state index is -0.404. The maximum Gasteiger partial charge on any atom is 0.356 e. The topological polar surface area (TPSA) is 56.5 Å². The number of esters is 1. The van der Waals surface area contributed by atoms with Crippen molar-refractivity contribution >= 4 is 11.6 Å². The highest BCUT2D eigenvalue weighted by Crippen LogP contribution is 2.08. The lowest BCUT2D eigenvalue weighted by atomic mass is 10.3. The number of ether oxygens (including phenoxy) is 1. The van der Waals surface area contributed by atoms with Crippen molar-refractivity contribution in [3.63, 3.8) is 0 Å². The third-order valence-corrected chi connectivity index (χ3v) is 2.27. The van der Waals surface area contributed by atoms with E-state index in [-0.39, 0.29) is 0 Å². The van der Waals surface area contributed by atoms with Crippen molar-refractivity contribution in [1.82, 2.24) is 14.6 Å². The van der Waals surface area contributed by atoms with Crippen molar-refractivity contribution in [2.45, 2.75) is 19.8 Å². The third-order valence-electron chi connectivity index (χ3n) is 2.27. The molecule has 5 nitrogen and oxygen atoms in total. The van der Waals surface area contributed by atoms with Gasteiger partial charge in [0.25, 0.3) is 0 Å². The summed E-state index contributed by atoms with van der Waals surface area (Å²) < 4.78 is 6.21. The summed E-state index contributed by atoms with van der Waals surface area (Å²) in [4.78, 5) is 15.8. The predicted octanol–water partition coefficient (Wildman–Crippen LogP) is 1.47. The summed E-state index contributed by atoms with van der Waals surface area (Å²) in [6.07, 6.45) is 1.78. The minimum absolute atomic E-state index is 0.398. The molecule has 16 heavy (non-hydrogen) atoms. The Labute approximate surface area is 93.1 Å². The summed E-state index contributed by atoms with van der Waals surface area (Å²) in [5.74, 6) is 0.345. The molecule has 0 aliphatic rings. The second kappa shape index (κ2) is 4.30. The first-order chi connectivity index (χ1) is 7.76. The van der Waals surface area contributed by atoms with Gasteiger partial charge in [-0.15, -0.1) is 0 Å². The van der Waals surface area contributed by atoms with E-state index in [0.29, 0.717) is 11.3 Å². The SMILES string of the molecule is CCCc1nc2cccc(C(=O)OC)n2n1. The molecule has 2 aromatic rings. The third kappa shape index (κ3) is 1.76. The molecule has 2 heterocycles. The first kappa shape index (κ1) is 10.6. The summed E-state index contributed by atoms with van der Waals surface area (Å²) in [5, 5.41) is 4.28. The van der Waals surface area contributed by atoms with Gasteiger partial charge in [-0.2, -0.15) is 5.10 Å². The van der Waals surface area contributed by atoms with Crippen LogP contribution in [0.3, 0.4) is 0 Å². The lowest BCUT2D eigenvalue weighted by molar-refractivity contribution is 0.0591. The van der Waals surface area contributed by atoms with Gasteiger partial charge < -0.3 is 4.74 Å². The van der Waals surface area contributed by atoms with Gasteiger partial charge in [0.2, 0.25) is 0 Å². The Kier molecular flexibility index (Phi) is 2.85. The highest BCUT2D eigenvalue weighted by molar-refractivity contribution is 5.88. The quantitative estimate of drug-likeness (QED) is 0.733. The zero-order valence-electron chi connectivity index (χ0n) is 9.30. The van der Waals surface area contributed by atoms with E-state index < -0.39 is 5.97 Å². The van der Waals surface area contributed by atoms with Crippen LogP contribution >= 0.6 is 0 Å². The second-order valence-corrected chi connectivity index (χ2v) is 3.45. The fraction of sp³-hybridized carbons (Fsp3) is 0.364. The van der Waals surface area contributed by atoms with Gasteiger partial charge in [0.05, 0.1) is 7.11 Å². The van der Waals surface area contributed by atoms with Crippen LogP contribution in [-0.2, 0) is 11.2 Å². The molecule has 0 atom stereocenters. The standard InChI is InChI=1S/C11H13N3O2/c1-3-5-9-12-10-7-4-6-8(11(15)16-2)14(10)13-9/h4,6-7H,3,5H2,1-2H3. The van der Waals surface area contributed by atoms with Gasteiger partial charge in [0.15, 0.2) is 17.2 Å². The zero-order valence-corrected chi connectivity index (χ0v) is 9.30. The molecule has 0 aliphatic carbocycles. The largest absolute Gasteiger partial charge is 0.464 e. The van der Waals surface area contributed by atoms with Crippen LogP contribution in [0, 0.1) is 0 Å². The first-order valence-electron chi connectivity index (χ1n) is 5.19. The molecule has 0 radical (unpaired) electrons. The lowest BCUT2D eigenvalue weighted by Gasteiger charge is -2.00. The number of pyridine rings is 1. The fourth-order valence-electron chi connectivity index (χ4n) is 1.54. The number of rotatable bonds is 3. The lowest BCUT2D eigenvalue weighted by Crippen LogP contribution is -2.08. The van der Waals surface area contributed by atoms with E-state index in [0.717, 1.165) is 18.7 Å². The Morgan fingerprint density at radius 3 is 3.00 bits per heavy atom. The van der Waals surface area contributed by atoms with E-state index in [1.54, 1.807) is 12.1 Å². The summed E-state index contributed by atoms with van der Waals surface area (Å²) in [5.41, 5.74) is 1.07. The molecule has 0 fully saturated rings. The van der Waals surface area contributed by atoms with E-state index >= 15 is 0 Å². The van der Waals surface area contributed by atoms with Crippen molar-refractivity contribution in [3.05, 3.63) is 29.7 Å². The highest BCUT2D eigenvalue weighted by Gasteiger charge is 2.12. The molecule has 0 unspecified atom stereocenters. The van der Waals surface area contributed by atoms with Crippen molar-refractivity contribution < 1.29 is 9.53 Å². The average Bonchev–Trinajstić information content (AvgIpc) is 2.70. The smallest absolute Gasteiger partial charge is 0.356 e. The van der Waals surface area contributed by atoms with Crippen LogP contribution in [0.2, 0.25) is 0 Å². The highest BCUT2D eigenvalue weighted by atomic mass is 16.5. The van der Waals surface area contributed by atoms with E-state index in [1.165, 1.54) is 11.6 Å². The number of carbonyl (C=O) groups is 1. The molecule has 0 aromatic carbocycles. The van der Waals surface area contributed by atoms with Crippen LogP contribution in [0.25, 0.3) is 5.65 Å². The molecule has 2 aromatic heterocycles. The number of nitrogens with zero attached hydrogens (tertiary/aromatic N) is 3. The Morgan fingerprint density at radius 1 is 1.50 bits per heavy atom. The maximum absolute atomic E-state index is 11.5. The van der Waals surface area contributed by atoms with Crippen molar-refractivity contribution in [3.8, 4) is 0 Å². The van der Waals surface area contributed by atoms with Gasteiger partial charge in [-0.25, -0.2) is 14.3 Å². The van der Waals surface area contributed by atoms with Crippen LogP contribution in [0.15, 0.2) is 18.2 Å². The van der Waals surface area contributed by atoms with Crippen LogP contribution < -0.4 is 0 Å². The number of fused-ring (bicyclic) bond motifs is 1. The van der Waals surface area contributed by atoms with Gasteiger partial charge in [0.1, 0.15) is 0 Å². The van der Waals surface area contributed by atoms with E-state index in [1.807, 2.05) is 6.07 Å². The minimum Gasteiger partial charge on any atom is -0.464 e. The van der Waals surface area contributed by atoms with Crippen molar-refractivity contribution in [2.24, 2.45) is 0 Å². The maximum atomic E-state index is 11.5. The second-order valence-electron chi connectivity index (χ2n) is 3.45. The zero-order chi connectivity index (χ0) is 11.5. The van der Waals surface area contributed by atoms with Gasteiger partial charge in [-0.1, -0.05) is 13.0 Å².